The molecule has 1 atom stereocenters. The van der Waals surface area contributed by atoms with E-state index < -0.39 is 0 Å². The van der Waals surface area contributed by atoms with Crippen LogP contribution in [0, 0.1) is 0 Å². The standard InChI is InChI=1S/C16H26N2/c1-6-15(5)18-12-17-11-16(18)10-14(4)9-7-8-13(2)3/h8,10-12,15H,6-7,9H2,1-5H3/b14-10+. The summed E-state index contributed by atoms with van der Waals surface area (Å²) in [6.45, 7) is 10.9. The quantitative estimate of drug-likeness (QED) is 0.646. The Balaban J connectivity index is 2.70. The van der Waals surface area contributed by atoms with E-state index >= 15 is 0 Å². The Morgan fingerprint density at radius 3 is 2.72 bits per heavy atom. The molecule has 18 heavy (non-hydrogen) atoms. The molecule has 0 saturated heterocycles. The van der Waals surface area contributed by atoms with E-state index in [1.165, 1.54) is 16.8 Å². The minimum atomic E-state index is 0.518. The van der Waals surface area contributed by atoms with Crippen LogP contribution in [0.2, 0.25) is 0 Å². The van der Waals surface area contributed by atoms with Crippen molar-refractivity contribution in [1.29, 1.82) is 0 Å². The molecule has 0 saturated carbocycles. The van der Waals surface area contributed by atoms with Gasteiger partial charge in [0.1, 0.15) is 0 Å². The molecule has 0 N–H and O–H groups in total. The second-order valence-corrected chi connectivity index (χ2v) is 5.29. The molecule has 1 heterocycles. The van der Waals surface area contributed by atoms with Gasteiger partial charge in [-0.15, -0.1) is 0 Å². The van der Waals surface area contributed by atoms with Crippen molar-refractivity contribution < 1.29 is 0 Å². The van der Waals surface area contributed by atoms with E-state index in [9.17, 15) is 0 Å². The number of imidazole rings is 1. The van der Waals surface area contributed by atoms with Gasteiger partial charge in [-0.1, -0.05) is 24.1 Å². The molecule has 1 aromatic heterocycles. The minimum absolute atomic E-state index is 0.518. The summed E-state index contributed by atoms with van der Waals surface area (Å²) >= 11 is 0. The van der Waals surface area contributed by atoms with Crippen LogP contribution >= 0.6 is 0 Å². The molecule has 0 aromatic carbocycles. The van der Waals surface area contributed by atoms with Crippen LogP contribution in [-0.2, 0) is 0 Å². The summed E-state index contributed by atoms with van der Waals surface area (Å²) in [6, 6.07) is 0.518. The molecular weight excluding hydrogens is 220 g/mol. The number of aromatic nitrogens is 2. The van der Waals surface area contributed by atoms with Gasteiger partial charge in [-0.2, -0.15) is 0 Å². The number of hydrogen-bond donors (Lipinski definition) is 0. The topological polar surface area (TPSA) is 17.8 Å². The summed E-state index contributed by atoms with van der Waals surface area (Å²) in [4.78, 5) is 4.26. The minimum Gasteiger partial charge on any atom is -0.328 e. The third kappa shape index (κ3) is 4.52. The van der Waals surface area contributed by atoms with Gasteiger partial charge in [0, 0.05) is 6.04 Å². The van der Waals surface area contributed by atoms with Gasteiger partial charge < -0.3 is 4.57 Å². The van der Waals surface area contributed by atoms with Crippen molar-refractivity contribution >= 4 is 6.08 Å². The highest BCUT2D eigenvalue weighted by Crippen LogP contribution is 2.17. The predicted molar refractivity (Wildman–Crippen MR) is 79.5 cm³/mol. The van der Waals surface area contributed by atoms with Gasteiger partial charge in [0.15, 0.2) is 0 Å². The Kier molecular flexibility index (Phi) is 5.90. The second-order valence-electron chi connectivity index (χ2n) is 5.29. The van der Waals surface area contributed by atoms with Crippen LogP contribution < -0.4 is 0 Å². The smallest absolute Gasteiger partial charge is 0.0953 e. The molecule has 1 rings (SSSR count). The summed E-state index contributed by atoms with van der Waals surface area (Å²) in [5.41, 5.74) is 4.03. The van der Waals surface area contributed by atoms with Crippen LogP contribution in [0.15, 0.2) is 29.7 Å². The summed E-state index contributed by atoms with van der Waals surface area (Å²) in [5, 5.41) is 0. The molecule has 1 unspecified atom stereocenters. The van der Waals surface area contributed by atoms with Gasteiger partial charge in [-0.25, -0.2) is 4.98 Å². The van der Waals surface area contributed by atoms with Gasteiger partial charge in [0.05, 0.1) is 18.2 Å². The summed E-state index contributed by atoms with van der Waals surface area (Å²) in [6.07, 6.45) is 11.8. The van der Waals surface area contributed by atoms with E-state index in [0.717, 1.165) is 19.3 Å². The van der Waals surface area contributed by atoms with Crippen molar-refractivity contribution in [3.63, 3.8) is 0 Å². The van der Waals surface area contributed by atoms with E-state index in [-0.39, 0.29) is 0 Å². The summed E-state index contributed by atoms with van der Waals surface area (Å²) < 4.78 is 2.25. The molecule has 0 fully saturated rings. The van der Waals surface area contributed by atoms with E-state index in [1.54, 1.807) is 0 Å². The average Bonchev–Trinajstić information content (AvgIpc) is 2.75. The first-order chi connectivity index (χ1) is 8.54. The van der Waals surface area contributed by atoms with E-state index in [1.807, 2.05) is 12.5 Å². The van der Waals surface area contributed by atoms with Crippen molar-refractivity contribution in [2.75, 3.05) is 0 Å². The zero-order chi connectivity index (χ0) is 13.5. The monoisotopic (exact) mass is 246 g/mol. The number of nitrogens with zero attached hydrogens (tertiary/aromatic N) is 2. The maximum Gasteiger partial charge on any atom is 0.0953 e. The van der Waals surface area contributed by atoms with Crippen molar-refractivity contribution in [2.24, 2.45) is 0 Å². The first-order valence-electron chi connectivity index (χ1n) is 6.87. The lowest BCUT2D eigenvalue weighted by molar-refractivity contribution is 0.527. The fourth-order valence-electron chi connectivity index (χ4n) is 1.90. The van der Waals surface area contributed by atoms with Gasteiger partial charge in [0.2, 0.25) is 0 Å². The largest absolute Gasteiger partial charge is 0.328 e. The Hall–Kier alpha value is -1.31. The lowest BCUT2D eigenvalue weighted by Crippen LogP contribution is -2.04. The van der Waals surface area contributed by atoms with Gasteiger partial charge in [0.25, 0.3) is 0 Å². The maximum atomic E-state index is 4.26. The van der Waals surface area contributed by atoms with E-state index in [4.69, 9.17) is 0 Å². The fourth-order valence-corrected chi connectivity index (χ4v) is 1.90. The van der Waals surface area contributed by atoms with E-state index in [2.05, 4.69) is 56.3 Å². The number of rotatable bonds is 6. The SMILES string of the molecule is CCC(C)n1cncc1/C=C(\C)CCC=C(C)C. The van der Waals surface area contributed by atoms with Crippen LogP contribution in [-0.4, -0.2) is 9.55 Å². The first-order valence-corrected chi connectivity index (χ1v) is 6.87. The predicted octanol–water partition coefficient (Wildman–Crippen LogP) is 5.00. The molecule has 0 spiro atoms. The van der Waals surface area contributed by atoms with Crippen molar-refractivity contribution in [3.05, 3.63) is 35.4 Å². The number of allylic oxidation sites excluding steroid dienone is 3. The van der Waals surface area contributed by atoms with Crippen LogP contribution in [0.25, 0.3) is 6.08 Å². The Morgan fingerprint density at radius 2 is 2.11 bits per heavy atom. The summed E-state index contributed by atoms with van der Waals surface area (Å²) in [5.74, 6) is 0. The molecule has 0 radical (unpaired) electrons. The third-order valence-electron chi connectivity index (χ3n) is 3.25. The maximum absolute atomic E-state index is 4.26. The third-order valence-corrected chi connectivity index (χ3v) is 3.25. The van der Waals surface area contributed by atoms with Crippen molar-refractivity contribution in [2.45, 2.75) is 59.9 Å². The molecule has 1 aromatic rings. The molecule has 0 aliphatic rings. The van der Waals surface area contributed by atoms with Crippen LogP contribution in [0.4, 0.5) is 0 Å². The van der Waals surface area contributed by atoms with Crippen LogP contribution in [0.3, 0.4) is 0 Å². The second kappa shape index (κ2) is 7.20. The van der Waals surface area contributed by atoms with Crippen LogP contribution in [0.1, 0.15) is 65.6 Å². The average molecular weight is 246 g/mol. The zero-order valence-corrected chi connectivity index (χ0v) is 12.4. The highest BCUT2D eigenvalue weighted by Gasteiger charge is 2.05. The zero-order valence-electron chi connectivity index (χ0n) is 12.4. The lowest BCUT2D eigenvalue weighted by atomic mass is 10.1. The lowest BCUT2D eigenvalue weighted by Gasteiger charge is -2.13. The van der Waals surface area contributed by atoms with Crippen molar-refractivity contribution in [1.82, 2.24) is 9.55 Å². The first kappa shape index (κ1) is 14.7. The fraction of sp³-hybridized carbons (Fsp3) is 0.562. The molecule has 0 aliphatic heterocycles. The molecular formula is C16H26N2. The van der Waals surface area contributed by atoms with E-state index in [0.29, 0.717) is 6.04 Å². The van der Waals surface area contributed by atoms with Crippen LogP contribution in [0.5, 0.6) is 0 Å². The molecule has 2 nitrogen and oxygen atoms in total. The van der Waals surface area contributed by atoms with Gasteiger partial charge in [-0.3, -0.25) is 0 Å². The highest BCUT2D eigenvalue weighted by molar-refractivity contribution is 5.48. The summed E-state index contributed by atoms with van der Waals surface area (Å²) in [7, 11) is 0. The van der Waals surface area contributed by atoms with Gasteiger partial charge in [-0.05, 0) is 53.0 Å². The Labute approximate surface area is 111 Å². The Bertz CT molecular complexity index is 420. The Morgan fingerprint density at radius 1 is 1.39 bits per heavy atom. The molecule has 0 aliphatic carbocycles. The molecule has 0 bridgehead atoms. The molecule has 0 amide bonds. The van der Waals surface area contributed by atoms with Crippen molar-refractivity contribution in [3.8, 4) is 0 Å². The molecule has 100 valence electrons. The normalized spacial score (nSPS) is 13.5. The number of hydrogen-bond acceptors (Lipinski definition) is 1. The highest BCUT2D eigenvalue weighted by atomic mass is 15.1. The molecule has 2 heteroatoms. The van der Waals surface area contributed by atoms with Gasteiger partial charge >= 0.3 is 0 Å².